The normalized spacial score (nSPS) is 12.0. The highest BCUT2D eigenvalue weighted by Crippen LogP contribution is 2.28. The second-order valence-electron chi connectivity index (χ2n) is 5.10. The number of halogens is 3. The van der Waals surface area contributed by atoms with E-state index in [1.807, 2.05) is 12.1 Å². The molecule has 5 heteroatoms. The highest BCUT2D eigenvalue weighted by molar-refractivity contribution is 6.34. The van der Waals surface area contributed by atoms with Crippen LogP contribution in [0.25, 0.3) is 0 Å². The molecule has 2 rings (SSSR count). The molecule has 2 aromatic carbocycles. The van der Waals surface area contributed by atoms with Gasteiger partial charge >= 0.3 is 0 Å². The molecule has 0 aromatic heterocycles. The Morgan fingerprint density at radius 2 is 1.86 bits per heavy atom. The van der Waals surface area contributed by atoms with Gasteiger partial charge in [0.15, 0.2) is 11.6 Å². The highest BCUT2D eigenvalue weighted by Gasteiger charge is 2.17. The summed E-state index contributed by atoms with van der Waals surface area (Å²) in [5.74, 6) is -2.50. The van der Waals surface area contributed by atoms with Gasteiger partial charge in [0.25, 0.3) is 5.91 Å². The zero-order valence-electron chi connectivity index (χ0n) is 12.3. The molecule has 116 valence electrons. The minimum Gasteiger partial charge on any atom is -0.322 e. The van der Waals surface area contributed by atoms with Gasteiger partial charge in [0.05, 0.1) is 10.6 Å². The zero-order chi connectivity index (χ0) is 16.3. The monoisotopic (exact) mass is 323 g/mol. The molecule has 22 heavy (non-hydrogen) atoms. The largest absolute Gasteiger partial charge is 0.322 e. The topological polar surface area (TPSA) is 29.1 Å². The summed E-state index contributed by atoms with van der Waals surface area (Å²) in [6.07, 6.45) is 0.915. The molecule has 0 unspecified atom stereocenters. The maximum absolute atomic E-state index is 13.3. The molecule has 0 bridgehead atoms. The van der Waals surface area contributed by atoms with Crippen molar-refractivity contribution >= 4 is 23.2 Å². The maximum atomic E-state index is 13.3. The minimum atomic E-state index is -1.11. The van der Waals surface area contributed by atoms with Crippen molar-refractivity contribution in [2.45, 2.75) is 26.2 Å². The van der Waals surface area contributed by atoms with Crippen molar-refractivity contribution < 1.29 is 13.6 Å². The van der Waals surface area contributed by atoms with Crippen molar-refractivity contribution in [3.8, 4) is 0 Å². The van der Waals surface area contributed by atoms with Gasteiger partial charge in [-0.05, 0) is 36.1 Å². The lowest BCUT2D eigenvalue weighted by Gasteiger charge is -2.16. The third-order valence-electron chi connectivity index (χ3n) is 3.61. The molecule has 0 aliphatic heterocycles. The van der Waals surface area contributed by atoms with Gasteiger partial charge in [0.1, 0.15) is 0 Å². The van der Waals surface area contributed by atoms with Gasteiger partial charge in [-0.25, -0.2) is 8.78 Å². The standard InChI is InChI=1S/C17H16ClF2NO/c1-3-10(2)11-6-4-5-7-16(11)21-17(22)12-8-14(19)15(20)9-13(12)18/h4-10H,3H2,1-2H3,(H,21,22)/t10-/m0/s1. The van der Waals surface area contributed by atoms with E-state index in [0.29, 0.717) is 5.69 Å². The van der Waals surface area contributed by atoms with E-state index in [9.17, 15) is 13.6 Å². The van der Waals surface area contributed by atoms with E-state index in [0.717, 1.165) is 24.1 Å². The molecule has 0 heterocycles. The number of hydrogen-bond acceptors (Lipinski definition) is 1. The van der Waals surface area contributed by atoms with Crippen molar-refractivity contribution in [1.29, 1.82) is 0 Å². The lowest BCUT2D eigenvalue weighted by molar-refractivity contribution is 0.102. The predicted molar refractivity (Wildman–Crippen MR) is 84.5 cm³/mol. The van der Waals surface area contributed by atoms with E-state index in [1.54, 1.807) is 12.1 Å². The van der Waals surface area contributed by atoms with Crippen LogP contribution >= 0.6 is 11.6 Å². The summed E-state index contributed by atoms with van der Waals surface area (Å²) in [6.45, 7) is 4.10. The Morgan fingerprint density at radius 3 is 2.55 bits per heavy atom. The summed E-state index contributed by atoms with van der Waals surface area (Å²) >= 11 is 5.82. The molecule has 1 amide bonds. The number of hydrogen-bond donors (Lipinski definition) is 1. The number of carbonyl (C=O) groups is 1. The fraction of sp³-hybridized carbons (Fsp3) is 0.235. The maximum Gasteiger partial charge on any atom is 0.257 e. The van der Waals surface area contributed by atoms with Crippen molar-refractivity contribution in [3.05, 3.63) is 64.2 Å². The summed E-state index contributed by atoms with van der Waals surface area (Å²) in [4.78, 5) is 12.3. The Balaban J connectivity index is 2.32. The number of para-hydroxylation sites is 1. The molecule has 2 aromatic rings. The number of anilines is 1. The van der Waals surface area contributed by atoms with Crippen LogP contribution < -0.4 is 5.32 Å². The first-order valence-electron chi connectivity index (χ1n) is 6.98. The Hall–Kier alpha value is -1.94. The van der Waals surface area contributed by atoms with Crippen molar-refractivity contribution in [2.24, 2.45) is 0 Å². The number of carbonyl (C=O) groups excluding carboxylic acids is 1. The summed E-state index contributed by atoms with van der Waals surface area (Å²) in [6, 6.07) is 8.99. The van der Waals surface area contributed by atoms with E-state index < -0.39 is 17.5 Å². The van der Waals surface area contributed by atoms with Crippen LogP contribution in [0, 0.1) is 11.6 Å². The van der Waals surface area contributed by atoms with E-state index >= 15 is 0 Å². The predicted octanol–water partition coefficient (Wildman–Crippen LogP) is 5.38. The Labute approximate surface area is 133 Å². The van der Waals surface area contributed by atoms with Crippen molar-refractivity contribution in [2.75, 3.05) is 5.32 Å². The fourth-order valence-corrected chi connectivity index (χ4v) is 2.38. The van der Waals surface area contributed by atoms with Gasteiger partial charge in [0.2, 0.25) is 0 Å². The summed E-state index contributed by atoms with van der Waals surface area (Å²) in [5.41, 5.74) is 1.53. The lowest BCUT2D eigenvalue weighted by atomic mass is 9.97. The molecule has 2 nitrogen and oxygen atoms in total. The van der Waals surface area contributed by atoms with E-state index in [4.69, 9.17) is 11.6 Å². The van der Waals surface area contributed by atoms with Gasteiger partial charge in [-0.1, -0.05) is 43.6 Å². The first kappa shape index (κ1) is 16.4. The van der Waals surface area contributed by atoms with Gasteiger partial charge in [0, 0.05) is 5.69 Å². The van der Waals surface area contributed by atoms with Crippen LogP contribution in [0.4, 0.5) is 14.5 Å². The van der Waals surface area contributed by atoms with E-state index in [2.05, 4.69) is 19.2 Å². The van der Waals surface area contributed by atoms with Crippen LogP contribution in [0.3, 0.4) is 0 Å². The molecule has 0 saturated carbocycles. The van der Waals surface area contributed by atoms with Crippen LogP contribution in [0.15, 0.2) is 36.4 Å². The summed E-state index contributed by atoms with van der Waals surface area (Å²) in [7, 11) is 0. The summed E-state index contributed by atoms with van der Waals surface area (Å²) in [5, 5.41) is 2.59. The number of rotatable bonds is 4. The van der Waals surface area contributed by atoms with Crippen LogP contribution in [-0.2, 0) is 0 Å². The van der Waals surface area contributed by atoms with E-state index in [1.165, 1.54) is 0 Å². The second-order valence-corrected chi connectivity index (χ2v) is 5.50. The quantitative estimate of drug-likeness (QED) is 0.751. The second kappa shape index (κ2) is 6.88. The zero-order valence-corrected chi connectivity index (χ0v) is 13.0. The molecule has 0 spiro atoms. The number of nitrogens with one attached hydrogen (secondary N) is 1. The van der Waals surface area contributed by atoms with Gasteiger partial charge in [-0.2, -0.15) is 0 Å². The molecular formula is C17H16ClF2NO. The van der Waals surface area contributed by atoms with Gasteiger partial charge < -0.3 is 5.32 Å². The lowest BCUT2D eigenvalue weighted by Crippen LogP contribution is -2.15. The van der Waals surface area contributed by atoms with Gasteiger partial charge in [-0.15, -0.1) is 0 Å². The smallest absolute Gasteiger partial charge is 0.257 e. The molecule has 0 aliphatic rings. The third kappa shape index (κ3) is 3.45. The van der Waals surface area contributed by atoms with Gasteiger partial charge in [-0.3, -0.25) is 4.79 Å². The highest BCUT2D eigenvalue weighted by atomic mass is 35.5. The molecule has 0 saturated heterocycles. The minimum absolute atomic E-state index is 0.0977. The molecule has 0 fully saturated rings. The first-order valence-corrected chi connectivity index (χ1v) is 7.36. The third-order valence-corrected chi connectivity index (χ3v) is 3.92. The van der Waals surface area contributed by atoms with Crippen LogP contribution in [0.5, 0.6) is 0 Å². The SMILES string of the molecule is CC[C@H](C)c1ccccc1NC(=O)c1cc(F)c(F)cc1Cl. The number of amides is 1. The fourth-order valence-electron chi connectivity index (χ4n) is 2.15. The molecule has 0 aliphatic carbocycles. The number of benzene rings is 2. The van der Waals surface area contributed by atoms with Crippen molar-refractivity contribution in [1.82, 2.24) is 0 Å². The molecule has 0 radical (unpaired) electrons. The van der Waals surface area contributed by atoms with Crippen molar-refractivity contribution in [3.63, 3.8) is 0 Å². The average molecular weight is 324 g/mol. The van der Waals surface area contributed by atoms with Crippen LogP contribution in [-0.4, -0.2) is 5.91 Å². The average Bonchev–Trinajstić information content (AvgIpc) is 2.50. The Bertz CT molecular complexity index is 703. The van der Waals surface area contributed by atoms with Crippen LogP contribution in [0.2, 0.25) is 5.02 Å². The summed E-state index contributed by atoms with van der Waals surface area (Å²) < 4.78 is 26.4. The van der Waals surface area contributed by atoms with E-state index in [-0.39, 0.29) is 16.5 Å². The Kier molecular flexibility index (Phi) is 5.14. The first-order chi connectivity index (χ1) is 10.4. The van der Waals surface area contributed by atoms with Crippen LogP contribution in [0.1, 0.15) is 42.1 Å². The molecule has 1 N–H and O–H groups in total. The molecular weight excluding hydrogens is 308 g/mol. The molecule has 1 atom stereocenters. The Morgan fingerprint density at radius 1 is 1.23 bits per heavy atom.